The normalized spacial score (nSPS) is 19.9. The molecule has 1 aromatic rings. The van der Waals surface area contributed by atoms with Crippen LogP contribution in [0.25, 0.3) is 0 Å². The zero-order chi connectivity index (χ0) is 13.8. The van der Waals surface area contributed by atoms with Gasteiger partial charge in [0.2, 0.25) is 0 Å². The van der Waals surface area contributed by atoms with Gasteiger partial charge in [0.1, 0.15) is 5.82 Å². The van der Waals surface area contributed by atoms with Crippen molar-refractivity contribution in [1.82, 2.24) is 10.6 Å². The van der Waals surface area contributed by atoms with E-state index in [1.54, 1.807) is 6.07 Å². The number of carbonyl (C=O) groups is 1. The fraction of sp³-hybridized carbons (Fsp3) is 0.500. The van der Waals surface area contributed by atoms with Crippen molar-refractivity contribution in [3.63, 3.8) is 0 Å². The van der Waals surface area contributed by atoms with Crippen LogP contribution in [0.3, 0.4) is 0 Å². The first kappa shape index (κ1) is 17.4. The molecule has 112 valence electrons. The lowest BCUT2D eigenvalue weighted by atomic mass is 9.92. The maximum Gasteiger partial charge on any atom is 0.254 e. The van der Waals surface area contributed by atoms with E-state index in [1.807, 2.05) is 6.92 Å². The minimum atomic E-state index is -0.499. The van der Waals surface area contributed by atoms with Crippen LogP contribution in [0.5, 0.6) is 0 Å². The Bertz CT molecular complexity index is 466. The lowest BCUT2D eigenvalue weighted by Crippen LogP contribution is -2.44. The molecule has 1 fully saturated rings. The summed E-state index contributed by atoms with van der Waals surface area (Å²) in [4.78, 5) is 12.0. The number of hydrogen-bond acceptors (Lipinski definition) is 2. The quantitative estimate of drug-likeness (QED) is 0.864. The molecule has 1 amide bonds. The molecule has 1 aliphatic rings. The molecule has 1 heterocycles. The van der Waals surface area contributed by atoms with Crippen LogP contribution in [-0.4, -0.2) is 25.0 Å². The molecule has 3 nitrogen and oxygen atoms in total. The summed E-state index contributed by atoms with van der Waals surface area (Å²) >= 11 is 3.18. The van der Waals surface area contributed by atoms with E-state index in [1.165, 1.54) is 12.1 Å². The molecule has 6 heteroatoms. The maximum atomic E-state index is 13.7. The van der Waals surface area contributed by atoms with Crippen molar-refractivity contribution < 1.29 is 9.18 Å². The Hall–Kier alpha value is -0.650. The second-order valence-corrected chi connectivity index (χ2v) is 5.91. The summed E-state index contributed by atoms with van der Waals surface area (Å²) in [6.45, 7) is 3.93. The fourth-order valence-electron chi connectivity index (χ4n) is 2.38. The van der Waals surface area contributed by atoms with Gasteiger partial charge in [-0.25, -0.2) is 4.39 Å². The van der Waals surface area contributed by atoms with Gasteiger partial charge >= 0.3 is 0 Å². The Kier molecular flexibility index (Phi) is 6.92. The number of piperidine rings is 1. The molecule has 0 spiro atoms. The van der Waals surface area contributed by atoms with E-state index < -0.39 is 5.82 Å². The summed E-state index contributed by atoms with van der Waals surface area (Å²) in [5, 5.41) is 6.21. The van der Waals surface area contributed by atoms with Gasteiger partial charge in [-0.3, -0.25) is 4.79 Å². The molecule has 2 atom stereocenters. The van der Waals surface area contributed by atoms with E-state index in [2.05, 4.69) is 26.6 Å². The van der Waals surface area contributed by atoms with Gasteiger partial charge < -0.3 is 10.6 Å². The molecular formula is C14H19BrClFN2O. The van der Waals surface area contributed by atoms with Gasteiger partial charge in [0.25, 0.3) is 5.91 Å². The highest BCUT2D eigenvalue weighted by molar-refractivity contribution is 9.10. The van der Waals surface area contributed by atoms with Gasteiger partial charge in [0.05, 0.1) is 5.56 Å². The Morgan fingerprint density at radius 2 is 2.30 bits per heavy atom. The van der Waals surface area contributed by atoms with Crippen molar-refractivity contribution >= 4 is 34.2 Å². The SMILES string of the molecule is CC(NC(=O)c1ccc(Br)cc1F)C1CCCNC1.Cl. The highest BCUT2D eigenvalue weighted by Crippen LogP contribution is 2.17. The molecule has 1 aliphatic heterocycles. The molecule has 0 bridgehead atoms. The van der Waals surface area contributed by atoms with Crippen molar-refractivity contribution in [2.45, 2.75) is 25.8 Å². The predicted molar refractivity (Wildman–Crippen MR) is 83.9 cm³/mol. The Labute approximate surface area is 133 Å². The van der Waals surface area contributed by atoms with E-state index >= 15 is 0 Å². The monoisotopic (exact) mass is 364 g/mol. The summed E-state index contributed by atoms with van der Waals surface area (Å²) in [5.74, 6) is -0.430. The Morgan fingerprint density at radius 3 is 2.90 bits per heavy atom. The van der Waals surface area contributed by atoms with Crippen molar-refractivity contribution in [3.8, 4) is 0 Å². The van der Waals surface area contributed by atoms with E-state index in [-0.39, 0.29) is 29.9 Å². The average Bonchev–Trinajstić information content (AvgIpc) is 2.39. The molecule has 1 saturated heterocycles. The van der Waals surface area contributed by atoms with Crippen molar-refractivity contribution in [1.29, 1.82) is 0 Å². The fourth-order valence-corrected chi connectivity index (χ4v) is 2.71. The van der Waals surface area contributed by atoms with Crippen LogP contribution in [0.2, 0.25) is 0 Å². The summed E-state index contributed by atoms with van der Waals surface area (Å²) in [7, 11) is 0. The number of benzene rings is 1. The van der Waals surface area contributed by atoms with Gasteiger partial charge in [-0.2, -0.15) is 0 Å². The van der Waals surface area contributed by atoms with Gasteiger partial charge in [0.15, 0.2) is 0 Å². The van der Waals surface area contributed by atoms with Gasteiger partial charge in [0, 0.05) is 10.5 Å². The third kappa shape index (κ3) is 4.43. The van der Waals surface area contributed by atoms with Crippen molar-refractivity contribution in [3.05, 3.63) is 34.1 Å². The van der Waals surface area contributed by atoms with Crippen molar-refractivity contribution in [2.75, 3.05) is 13.1 Å². The second kappa shape index (κ2) is 7.96. The Morgan fingerprint density at radius 1 is 1.55 bits per heavy atom. The molecule has 20 heavy (non-hydrogen) atoms. The molecule has 1 aromatic carbocycles. The summed E-state index contributed by atoms with van der Waals surface area (Å²) in [5.41, 5.74) is 0.0961. The zero-order valence-corrected chi connectivity index (χ0v) is 13.7. The molecule has 2 N–H and O–H groups in total. The third-order valence-electron chi connectivity index (χ3n) is 3.58. The molecular weight excluding hydrogens is 347 g/mol. The van der Waals surface area contributed by atoms with Crippen LogP contribution in [0.1, 0.15) is 30.1 Å². The van der Waals surface area contributed by atoms with Crippen LogP contribution in [0.15, 0.2) is 22.7 Å². The molecule has 2 unspecified atom stereocenters. The minimum absolute atomic E-state index is 0. The molecule has 2 rings (SSSR count). The van der Waals surface area contributed by atoms with E-state index in [0.29, 0.717) is 10.4 Å². The zero-order valence-electron chi connectivity index (χ0n) is 11.3. The highest BCUT2D eigenvalue weighted by atomic mass is 79.9. The maximum absolute atomic E-state index is 13.7. The smallest absolute Gasteiger partial charge is 0.254 e. The number of hydrogen-bond donors (Lipinski definition) is 2. The predicted octanol–water partition coefficient (Wildman–Crippen LogP) is 3.13. The standard InChI is InChI=1S/C14H18BrFN2O.ClH/c1-9(10-3-2-6-17-8-10)18-14(19)12-5-4-11(15)7-13(12)16;/h4-5,7,9-10,17H,2-3,6,8H2,1H3,(H,18,19);1H. The lowest BCUT2D eigenvalue weighted by Gasteiger charge is -2.29. The number of carbonyl (C=O) groups excluding carboxylic acids is 1. The van der Waals surface area contributed by atoms with Crippen LogP contribution in [0, 0.1) is 11.7 Å². The first-order chi connectivity index (χ1) is 9.08. The van der Waals surface area contributed by atoms with E-state index in [4.69, 9.17) is 0 Å². The number of nitrogens with one attached hydrogen (secondary N) is 2. The largest absolute Gasteiger partial charge is 0.349 e. The van der Waals surface area contributed by atoms with Crippen LogP contribution >= 0.6 is 28.3 Å². The average molecular weight is 366 g/mol. The number of halogens is 3. The molecule has 0 aromatic heterocycles. The lowest BCUT2D eigenvalue weighted by molar-refractivity contribution is 0.0918. The van der Waals surface area contributed by atoms with Gasteiger partial charge in [-0.05, 0) is 57.0 Å². The summed E-state index contributed by atoms with van der Waals surface area (Å²) in [6, 6.07) is 4.52. The van der Waals surface area contributed by atoms with Crippen LogP contribution in [-0.2, 0) is 0 Å². The van der Waals surface area contributed by atoms with Crippen LogP contribution < -0.4 is 10.6 Å². The van der Waals surface area contributed by atoms with Crippen molar-refractivity contribution in [2.24, 2.45) is 5.92 Å². The third-order valence-corrected chi connectivity index (χ3v) is 4.07. The van der Waals surface area contributed by atoms with Gasteiger partial charge in [-0.15, -0.1) is 12.4 Å². The number of rotatable bonds is 3. The first-order valence-corrected chi connectivity index (χ1v) is 7.34. The summed E-state index contributed by atoms with van der Waals surface area (Å²) in [6.07, 6.45) is 2.22. The Balaban J connectivity index is 0.00000200. The summed E-state index contributed by atoms with van der Waals surface area (Å²) < 4.78 is 14.3. The van der Waals surface area contributed by atoms with Crippen LogP contribution in [0.4, 0.5) is 4.39 Å². The molecule has 0 radical (unpaired) electrons. The highest BCUT2D eigenvalue weighted by Gasteiger charge is 2.22. The minimum Gasteiger partial charge on any atom is -0.349 e. The van der Waals surface area contributed by atoms with E-state index in [0.717, 1.165) is 25.9 Å². The van der Waals surface area contributed by atoms with E-state index in [9.17, 15) is 9.18 Å². The molecule has 0 saturated carbocycles. The van der Waals surface area contributed by atoms with Gasteiger partial charge in [-0.1, -0.05) is 15.9 Å². The number of amides is 1. The first-order valence-electron chi connectivity index (χ1n) is 6.54. The topological polar surface area (TPSA) is 41.1 Å². The second-order valence-electron chi connectivity index (χ2n) is 4.99. The molecule has 0 aliphatic carbocycles.